The molecule has 1 heterocycles. The molecular formula is C12H13N3O2. The van der Waals surface area contributed by atoms with Crippen LogP contribution in [0.1, 0.15) is 23.0 Å². The van der Waals surface area contributed by atoms with Crippen molar-refractivity contribution in [3.63, 3.8) is 0 Å². The summed E-state index contributed by atoms with van der Waals surface area (Å²) in [5.74, 6) is -0.438. The summed E-state index contributed by atoms with van der Waals surface area (Å²) in [6, 6.07) is 9.81. The van der Waals surface area contributed by atoms with Crippen LogP contribution >= 0.6 is 0 Å². The van der Waals surface area contributed by atoms with E-state index in [0.717, 1.165) is 5.56 Å². The van der Waals surface area contributed by atoms with Crippen molar-refractivity contribution in [3.8, 4) is 0 Å². The summed E-state index contributed by atoms with van der Waals surface area (Å²) in [5, 5.41) is 8.07. The maximum atomic E-state index is 11.4. The molecule has 0 saturated heterocycles. The molecule has 88 valence electrons. The van der Waals surface area contributed by atoms with E-state index in [1.54, 1.807) is 6.92 Å². The Morgan fingerprint density at radius 2 is 2.12 bits per heavy atom. The smallest absolute Gasteiger partial charge is 0.360 e. The van der Waals surface area contributed by atoms with Gasteiger partial charge in [0.15, 0.2) is 5.69 Å². The highest BCUT2D eigenvalue weighted by atomic mass is 16.5. The first-order valence-electron chi connectivity index (χ1n) is 5.40. The summed E-state index contributed by atoms with van der Waals surface area (Å²) in [7, 11) is 0. The van der Waals surface area contributed by atoms with Crippen molar-refractivity contribution in [2.24, 2.45) is 0 Å². The molecule has 1 aromatic heterocycles. The highest BCUT2D eigenvalue weighted by Crippen LogP contribution is 2.01. The topological polar surface area (TPSA) is 57.0 Å². The summed E-state index contributed by atoms with van der Waals surface area (Å²) < 4.78 is 4.84. The van der Waals surface area contributed by atoms with E-state index in [0.29, 0.717) is 13.2 Å². The van der Waals surface area contributed by atoms with E-state index in [9.17, 15) is 4.79 Å². The lowest BCUT2D eigenvalue weighted by atomic mass is 10.2. The number of esters is 1. The number of hydrogen-bond donors (Lipinski definition) is 0. The zero-order valence-electron chi connectivity index (χ0n) is 9.54. The minimum Gasteiger partial charge on any atom is -0.461 e. The first kappa shape index (κ1) is 11.3. The van der Waals surface area contributed by atoms with E-state index in [-0.39, 0.29) is 5.69 Å². The highest BCUT2D eigenvalue weighted by Gasteiger charge is 2.11. The Labute approximate surface area is 99.0 Å². The summed E-state index contributed by atoms with van der Waals surface area (Å²) in [6.45, 7) is 2.64. The molecule has 0 N–H and O–H groups in total. The maximum Gasteiger partial charge on any atom is 0.360 e. The summed E-state index contributed by atoms with van der Waals surface area (Å²) in [6.07, 6.45) is 1.42. The lowest BCUT2D eigenvalue weighted by Crippen LogP contribution is -2.08. The molecule has 1 aromatic carbocycles. The van der Waals surface area contributed by atoms with Gasteiger partial charge in [0, 0.05) is 0 Å². The molecule has 0 unspecified atom stereocenters. The quantitative estimate of drug-likeness (QED) is 0.748. The van der Waals surface area contributed by atoms with E-state index in [4.69, 9.17) is 4.74 Å². The van der Waals surface area contributed by atoms with E-state index in [1.165, 1.54) is 11.0 Å². The predicted molar refractivity (Wildman–Crippen MR) is 61.5 cm³/mol. The van der Waals surface area contributed by atoms with Gasteiger partial charge in [-0.15, -0.1) is 5.10 Å². The second-order valence-electron chi connectivity index (χ2n) is 3.47. The van der Waals surface area contributed by atoms with Gasteiger partial charge in [-0.1, -0.05) is 30.3 Å². The Morgan fingerprint density at radius 3 is 2.82 bits per heavy atom. The predicted octanol–water partition coefficient (Wildman–Crippen LogP) is 1.50. The largest absolute Gasteiger partial charge is 0.461 e. The van der Waals surface area contributed by atoms with Crippen molar-refractivity contribution in [1.82, 2.24) is 15.0 Å². The van der Waals surface area contributed by atoms with Crippen LogP contribution in [0.4, 0.5) is 0 Å². The average Bonchev–Trinajstić information content (AvgIpc) is 2.79. The van der Waals surface area contributed by atoms with Crippen LogP contribution in [0.15, 0.2) is 36.5 Å². The molecule has 5 heteroatoms. The molecule has 0 amide bonds. The number of benzene rings is 1. The van der Waals surface area contributed by atoms with Gasteiger partial charge in [0.2, 0.25) is 0 Å². The number of rotatable bonds is 4. The first-order valence-corrected chi connectivity index (χ1v) is 5.40. The molecule has 0 radical (unpaired) electrons. The third kappa shape index (κ3) is 2.90. The molecule has 0 atom stereocenters. The molecule has 17 heavy (non-hydrogen) atoms. The summed E-state index contributed by atoms with van der Waals surface area (Å²) in [4.78, 5) is 12.8. The molecule has 5 nitrogen and oxygen atoms in total. The van der Waals surface area contributed by atoms with Gasteiger partial charge in [0.1, 0.15) is 0 Å². The minimum atomic E-state index is -0.438. The Balaban J connectivity index is 2.06. The summed E-state index contributed by atoms with van der Waals surface area (Å²) in [5.41, 5.74) is 1.32. The van der Waals surface area contributed by atoms with Crippen molar-refractivity contribution in [1.29, 1.82) is 0 Å². The third-order valence-electron chi connectivity index (χ3n) is 2.19. The Kier molecular flexibility index (Phi) is 3.49. The molecule has 0 aliphatic carbocycles. The van der Waals surface area contributed by atoms with E-state index in [1.807, 2.05) is 30.3 Å². The molecule has 0 spiro atoms. The number of carbonyl (C=O) groups excluding carboxylic acids is 1. The highest BCUT2D eigenvalue weighted by molar-refractivity contribution is 5.86. The fraction of sp³-hybridized carbons (Fsp3) is 0.250. The monoisotopic (exact) mass is 231 g/mol. The van der Waals surface area contributed by atoms with Crippen LogP contribution in [-0.2, 0) is 11.3 Å². The zero-order chi connectivity index (χ0) is 12.1. The second-order valence-corrected chi connectivity index (χ2v) is 3.47. The van der Waals surface area contributed by atoms with Gasteiger partial charge in [-0.3, -0.25) is 0 Å². The SMILES string of the molecule is CCOC(=O)c1cnn(Cc2ccccc2)n1. The number of ether oxygens (including phenoxy) is 1. The van der Waals surface area contributed by atoms with Crippen LogP contribution in [0, 0.1) is 0 Å². The van der Waals surface area contributed by atoms with E-state index >= 15 is 0 Å². The normalized spacial score (nSPS) is 10.2. The van der Waals surface area contributed by atoms with Crippen molar-refractivity contribution >= 4 is 5.97 Å². The van der Waals surface area contributed by atoms with Crippen LogP contribution in [0.25, 0.3) is 0 Å². The Morgan fingerprint density at radius 1 is 1.35 bits per heavy atom. The van der Waals surface area contributed by atoms with Gasteiger partial charge in [-0.05, 0) is 12.5 Å². The van der Waals surface area contributed by atoms with Gasteiger partial charge < -0.3 is 4.74 Å². The molecule has 2 rings (SSSR count). The number of aromatic nitrogens is 3. The maximum absolute atomic E-state index is 11.4. The number of carbonyl (C=O) groups is 1. The molecule has 0 bridgehead atoms. The standard InChI is InChI=1S/C12H13N3O2/c1-2-17-12(16)11-8-13-15(14-11)9-10-6-4-3-5-7-10/h3-8H,2,9H2,1H3. The average molecular weight is 231 g/mol. The lowest BCUT2D eigenvalue weighted by Gasteiger charge is -1.99. The number of nitrogens with zero attached hydrogens (tertiary/aromatic N) is 3. The fourth-order valence-electron chi connectivity index (χ4n) is 1.42. The van der Waals surface area contributed by atoms with Crippen molar-refractivity contribution < 1.29 is 9.53 Å². The van der Waals surface area contributed by atoms with Crippen molar-refractivity contribution in [2.75, 3.05) is 6.61 Å². The lowest BCUT2D eigenvalue weighted by molar-refractivity contribution is 0.0518. The molecule has 0 saturated carbocycles. The molecular weight excluding hydrogens is 218 g/mol. The molecule has 0 fully saturated rings. The third-order valence-corrected chi connectivity index (χ3v) is 2.19. The first-order chi connectivity index (χ1) is 8.29. The Hall–Kier alpha value is -2.17. The van der Waals surface area contributed by atoms with Crippen LogP contribution in [0.5, 0.6) is 0 Å². The number of hydrogen-bond acceptors (Lipinski definition) is 4. The fourth-order valence-corrected chi connectivity index (χ4v) is 1.42. The van der Waals surface area contributed by atoms with Gasteiger partial charge in [-0.2, -0.15) is 9.90 Å². The molecule has 2 aromatic rings. The van der Waals surface area contributed by atoms with Crippen LogP contribution in [0.3, 0.4) is 0 Å². The van der Waals surface area contributed by atoms with Crippen LogP contribution in [-0.4, -0.2) is 27.6 Å². The summed E-state index contributed by atoms with van der Waals surface area (Å²) >= 11 is 0. The van der Waals surface area contributed by atoms with Crippen molar-refractivity contribution in [2.45, 2.75) is 13.5 Å². The van der Waals surface area contributed by atoms with Gasteiger partial charge in [0.05, 0.1) is 19.3 Å². The Bertz CT molecular complexity index is 493. The van der Waals surface area contributed by atoms with Gasteiger partial charge >= 0.3 is 5.97 Å². The van der Waals surface area contributed by atoms with Gasteiger partial charge in [-0.25, -0.2) is 4.79 Å². The molecule has 0 aliphatic heterocycles. The van der Waals surface area contributed by atoms with Gasteiger partial charge in [0.25, 0.3) is 0 Å². The van der Waals surface area contributed by atoms with Crippen LogP contribution in [0.2, 0.25) is 0 Å². The second kappa shape index (κ2) is 5.25. The van der Waals surface area contributed by atoms with Crippen molar-refractivity contribution in [3.05, 3.63) is 47.8 Å². The van der Waals surface area contributed by atoms with E-state index < -0.39 is 5.97 Å². The zero-order valence-corrected chi connectivity index (χ0v) is 9.54. The van der Waals surface area contributed by atoms with Crippen LogP contribution < -0.4 is 0 Å². The molecule has 0 aliphatic rings. The van der Waals surface area contributed by atoms with E-state index in [2.05, 4.69) is 10.2 Å². The minimum absolute atomic E-state index is 0.239.